The van der Waals surface area contributed by atoms with Gasteiger partial charge in [-0.3, -0.25) is 0 Å². The Bertz CT molecular complexity index is 245. The van der Waals surface area contributed by atoms with E-state index in [2.05, 4.69) is 0 Å². The molecular formula is C9H14NO2+. The summed E-state index contributed by atoms with van der Waals surface area (Å²) in [6, 6.07) is 0. The number of carbonyl (C=O) groups is 1. The third-order valence-corrected chi connectivity index (χ3v) is 2.91. The van der Waals surface area contributed by atoms with Crippen LogP contribution in [0.15, 0.2) is 12.2 Å². The number of nitrogens with zero attached hydrogens (tertiary/aromatic N) is 1. The minimum atomic E-state index is -0.417. The van der Waals surface area contributed by atoms with E-state index in [1.165, 1.54) is 0 Å². The van der Waals surface area contributed by atoms with Crippen LogP contribution in [0.5, 0.6) is 0 Å². The Balaban J connectivity index is 2.28. The molecule has 0 aromatic heterocycles. The molecule has 0 saturated carbocycles. The van der Waals surface area contributed by atoms with Crippen LogP contribution in [0.3, 0.4) is 0 Å². The van der Waals surface area contributed by atoms with Crippen molar-refractivity contribution >= 4 is 5.91 Å². The largest absolute Gasteiger partial charge is 0.352 e. The van der Waals surface area contributed by atoms with Crippen LogP contribution in [0.25, 0.3) is 0 Å². The van der Waals surface area contributed by atoms with Gasteiger partial charge in [0.05, 0.1) is 0 Å². The molecule has 12 heavy (non-hydrogen) atoms. The first-order valence-electron chi connectivity index (χ1n) is 4.40. The molecule has 3 nitrogen and oxygen atoms in total. The number of fused-ring (bicyclic) bond motifs is 1. The van der Waals surface area contributed by atoms with Gasteiger partial charge in [-0.2, -0.15) is 0 Å². The summed E-state index contributed by atoms with van der Waals surface area (Å²) in [5.41, 5.74) is 0. The summed E-state index contributed by atoms with van der Waals surface area (Å²) in [5.74, 6) is 0.308. The van der Waals surface area contributed by atoms with Crippen molar-refractivity contribution in [2.24, 2.45) is 11.8 Å². The van der Waals surface area contributed by atoms with Crippen LogP contribution in [-0.2, 0) is 4.79 Å². The minimum absolute atomic E-state index is 0.0197. The van der Waals surface area contributed by atoms with Gasteiger partial charge in [0.25, 0.3) is 0 Å². The van der Waals surface area contributed by atoms with Gasteiger partial charge in [0.1, 0.15) is 19.5 Å². The number of hydroxylamine groups is 3. The number of allylic oxidation sites excluding steroid dienone is 1. The summed E-state index contributed by atoms with van der Waals surface area (Å²) in [5, 5.41) is 9.65. The minimum Gasteiger partial charge on any atom is -0.227 e. The zero-order chi connectivity index (χ0) is 8.77. The molecule has 2 rings (SSSR count). The van der Waals surface area contributed by atoms with Crippen molar-refractivity contribution in [3.8, 4) is 0 Å². The summed E-state index contributed by atoms with van der Waals surface area (Å²) in [4.78, 5) is 11.5. The number of likely N-dealkylation sites (tertiary alicyclic amines) is 1. The Labute approximate surface area is 71.8 Å². The molecule has 0 spiro atoms. The van der Waals surface area contributed by atoms with Crippen molar-refractivity contribution in [2.75, 3.05) is 13.6 Å². The summed E-state index contributed by atoms with van der Waals surface area (Å²) < 4.78 is -0.417. The van der Waals surface area contributed by atoms with Gasteiger partial charge in [-0.1, -0.05) is 12.2 Å². The second-order valence-electron chi connectivity index (χ2n) is 3.95. The van der Waals surface area contributed by atoms with Crippen LogP contribution in [-0.4, -0.2) is 29.4 Å². The Morgan fingerprint density at radius 2 is 2.42 bits per heavy atom. The molecule has 1 aliphatic heterocycles. The van der Waals surface area contributed by atoms with Gasteiger partial charge in [0.2, 0.25) is 0 Å². The predicted octanol–water partition coefficient (Wildman–Crippen LogP) is 0.945. The fourth-order valence-corrected chi connectivity index (χ4v) is 2.25. The van der Waals surface area contributed by atoms with Crippen LogP contribution < -0.4 is 0 Å². The van der Waals surface area contributed by atoms with E-state index in [0.29, 0.717) is 12.5 Å². The van der Waals surface area contributed by atoms with Crippen molar-refractivity contribution in [1.82, 2.24) is 0 Å². The maximum absolute atomic E-state index is 11.5. The second-order valence-corrected chi connectivity index (χ2v) is 3.95. The lowest BCUT2D eigenvalue weighted by atomic mass is 9.87. The molecule has 2 aliphatic rings. The second kappa shape index (κ2) is 2.41. The topological polar surface area (TPSA) is 37.3 Å². The monoisotopic (exact) mass is 168 g/mol. The lowest BCUT2D eigenvalue weighted by Gasteiger charge is -2.15. The normalized spacial score (nSPS) is 46.3. The number of rotatable bonds is 0. The molecule has 0 aromatic carbocycles. The first-order chi connectivity index (χ1) is 5.61. The Morgan fingerprint density at radius 1 is 1.67 bits per heavy atom. The van der Waals surface area contributed by atoms with Crippen LogP contribution >= 0.6 is 0 Å². The fourth-order valence-electron chi connectivity index (χ4n) is 2.25. The Hall–Kier alpha value is -0.670. The quantitative estimate of drug-likeness (QED) is 0.332. The average molecular weight is 168 g/mol. The van der Waals surface area contributed by atoms with Crippen LogP contribution in [0.4, 0.5) is 0 Å². The molecule has 1 amide bonds. The molecular weight excluding hydrogens is 154 g/mol. The predicted molar refractivity (Wildman–Crippen MR) is 43.2 cm³/mol. The van der Waals surface area contributed by atoms with Crippen molar-refractivity contribution in [3.05, 3.63) is 12.2 Å². The van der Waals surface area contributed by atoms with E-state index in [1.54, 1.807) is 7.05 Å². The van der Waals surface area contributed by atoms with Crippen molar-refractivity contribution in [1.29, 1.82) is 0 Å². The fraction of sp³-hybridized carbons (Fsp3) is 0.667. The number of quaternary nitrogens is 1. The highest BCUT2D eigenvalue weighted by Gasteiger charge is 2.50. The molecule has 1 fully saturated rings. The summed E-state index contributed by atoms with van der Waals surface area (Å²) in [7, 11) is 1.58. The van der Waals surface area contributed by atoms with E-state index in [4.69, 9.17) is 0 Å². The van der Waals surface area contributed by atoms with Gasteiger partial charge < -0.3 is 0 Å². The Morgan fingerprint density at radius 3 is 3.08 bits per heavy atom. The summed E-state index contributed by atoms with van der Waals surface area (Å²) >= 11 is 0. The number of hydrogen-bond acceptors (Lipinski definition) is 2. The van der Waals surface area contributed by atoms with E-state index in [-0.39, 0.29) is 11.8 Å². The van der Waals surface area contributed by atoms with E-state index in [0.717, 1.165) is 12.8 Å². The Kier molecular flexibility index (Phi) is 1.59. The molecule has 0 bridgehead atoms. The third kappa shape index (κ3) is 1.01. The first-order valence-corrected chi connectivity index (χ1v) is 4.40. The maximum Gasteiger partial charge on any atom is 0.352 e. The molecule has 3 unspecified atom stereocenters. The van der Waals surface area contributed by atoms with Crippen LogP contribution in [0.1, 0.15) is 12.8 Å². The first kappa shape index (κ1) is 7.95. The smallest absolute Gasteiger partial charge is 0.227 e. The van der Waals surface area contributed by atoms with E-state index < -0.39 is 4.65 Å². The molecule has 0 aromatic rings. The molecule has 0 radical (unpaired) electrons. The van der Waals surface area contributed by atoms with Gasteiger partial charge >= 0.3 is 5.91 Å². The number of amides is 1. The highest BCUT2D eigenvalue weighted by atomic mass is 16.6. The standard InChI is InChI=1S/C9H14NO2/c1-10(12)6-7-4-2-3-5-8(7)9(10)11/h3,5,7-8,12H,2,4,6H2,1H3/q+1. The molecule has 1 aliphatic carbocycles. The third-order valence-electron chi connectivity index (χ3n) is 2.91. The molecule has 1 N–H and O–H groups in total. The maximum atomic E-state index is 11.5. The number of hydrogen-bond donors (Lipinski definition) is 1. The zero-order valence-electron chi connectivity index (χ0n) is 7.23. The van der Waals surface area contributed by atoms with Crippen LogP contribution in [0.2, 0.25) is 0 Å². The summed E-state index contributed by atoms with van der Waals surface area (Å²) in [6.45, 7) is 0.591. The van der Waals surface area contributed by atoms with E-state index in [9.17, 15) is 10.0 Å². The molecule has 3 atom stereocenters. The van der Waals surface area contributed by atoms with Crippen molar-refractivity contribution in [3.63, 3.8) is 0 Å². The van der Waals surface area contributed by atoms with Crippen molar-refractivity contribution in [2.45, 2.75) is 12.8 Å². The lowest BCUT2D eigenvalue weighted by Crippen LogP contribution is -2.42. The SMILES string of the molecule is C[N+]1(O)CC2CCC=CC2C1=O. The van der Waals surface area contributed by atoms with Gasteiger partial charge in [-0.05, 0) is 12.8 Å². The van der Waals surface area contributed by atoms with Gasteiger partial charge in [0, 0.05) is 5.92 Å². The lowest BCUT2D eigenvalue weighted by molar-refractivity contribution is -1.02. The van der Waals surface area contributed by atoms with Gasteiger partial charge in [-0.25, -0.2) is 10.0 Å². The molecule has 3 heteroatoms. The highest BCUT2D eigenvalue weighted by molar-refractivity contribution is 5.75. The van der Waals surface area contributed by atoms with Gasteiger partial charge in [0.15, 0.2) is 0 Å². The molecule has 1 saturated heterocycles. The highest BCUT2D eigenvalue weighted by Crippen LogP contribution is 2.35. The van der Waals surface area contributed by atoms with E-state index >= 15 is 0 Å². The summed E-state index contributed by atoms with van der Waals surface area (Å²) in [6.07, 6.45) is 6.09. The zero-order valence-corrected chi connectivity index (χ0v) is 7.23. The van der Waals surface area contributed by atoms with Crippen molar-refractivity contribution < 1.29 is 14.6 Å². The molecule has 1 heterocycles. The average Bonchev–Trinajstić information content (AvgIpc) is 2.24. The molecule has 66 valence electrons. The van der Waals surface area contributed by atoms with Crippen LogP contribution in [0, 0.1) is 11.8 Å². The number of carbonyl (C=O) groups excluding carboxylic acids is 1. The van der Waals surface area contributed by atoms with E-state index in [1.807, 2.05) is 12.2 Å². The van der Waals surface area contributed by atoms with Gasteiger partial charge in [-0.15, -0.1) is 4.65 Å².